The number of hydrogen-bond donors (Lipinski definition) is 1. The largest absolute Gasteiger partial charge is 0.393 e. The van der Waals surface area contributed by atoms with Gasteiger partial charge in [-0.2, -0.15) is 0 Å². The number of aliphatic hydroxyl groups excluding tert-OH is 1. The van der Waals surface area contributed by atoms with Gasteiger partial charge in [-0.3, -0.25) is 0 Å². The molecule has 0 heterocycles. The van der Waals surface area contributed by atoms with E-state index in [2.05, 4.69) is 46.6 Å². The molecule has 0 fully saturated rings. The van der Waals surface area contributed by atoms with Crippen LogP contribution in [0.2, 0.25) is 0 Å². The Hall–Kier alpha value is -0.0800. The summed E-state index contributed by atoms with van der Waals surface area (Å²) in [6.07, 6.45) is 3.06. The van der Waals surface area contributed by atoms with Crippen molar-refractivity contribution in [3.05, 3.63) is 0 Å². The van der Waals surface area contributed by atoms with Gasteiger partial charge in [-0.15, -0.1) is 0 Å². The Balaban J connectivity index is 3.94. The summed E-state index contributed by atoms with van der Waals surface area (Å²) < 4.78 is 0. The first-order chi connectivity index (χ1) is 6.82. The number of nitrogens with zero attached hydrogens (tertiary/aromatic N) is 1. The summed E-state index contributed by atoms with van der Waals surface area (Å²) in [6, 6.07) is 0.664. The van der Waals surface area contributed by atoms with Crippen molar-refractivity contribution in [2.24, 2.45) is 5.41 Å². The molecule has 0 saturated carbocycles. The van der Waals surface area contributed by atoms with E-state index in [1.807, 2.05) is 0 Å². The van der Waals surface area contributed by atoms with E-state index >= 15 is 0 Å². The Bertz CT molecular complexity index is 158. The van der Waals surface area contributed by atoms with Gasteiger partial charge in [0.25, 0.3) is 0 Å². The summed E-state index contributed by atoms with van der Waals surface area (Å²) in [4.78, 5) is 2.37. The second kappa shape index (κ2) is 6.49. The van der Waals surface area contributed by atoms with Crippen molar-refractivity contribution in [3.63, 3.8) is 0 Å². The molecule has 1 N–H and O–H groups in total. The summed E-state index contributed by atoms with van der Waals surface area (Å²) in [5, 5.41) is 9.94. The van der Waals surface area contributed by atoms with Gasteiger partial charge in [0.15, 0.2) is 0 Å². The van der Waals surface area contributed by atoms with Crippen molar-refractivity contribution in [1.29, 1.82) is 0 Å². The van der Waals surface area contributed by atoms with E-state index < -0.39 is 0 Å². The molecular formula is C13H29NO. The van der Waals surface area contributed by atoms with Crippen molar-refractivity contribution in [2.75, 3.05) is 13.6 Å². The zero-order valence-electron chi connectivity index (χ0n) is 11.4. The Morgan fingerprint density at radius 3 is 1.93 bits per heavy atom. The van der Waals surface area contributed by atoms with Gasteiger partial charge in [0.2, 0.25) is 0 Å². The van der Waals surface area contributed by atoms with Gasteiger partial charge in [-0.25, -0.2) is 0 Å². The van der Waals surface area contributed by atoms with Gasteiger partial charge in [-0.05, 0) is 31.7 Å². The predicted molar refractivity (Wildman–Crippen MR) is 67.1 cm³/mol. The molecule has 2 nitrogen and oxygen atoms in total. The van der Waals surface area contributed by atoms with E-state index in [1.54, 1.807) is 0 Å². The zero-order valence-corrected chi connectivity index (χ0v) is 11.4. The van der Waals surface area contributed by atoms with Crippen molar-refractivity contribution in [3.8, 4) is 0 Å². The van der Waals surface area contributed by atoms with Gasteiger partial charge >= 0.3 is 0 Å². The molecule has 1 atom stereocenters. The Kier molecular flexibility index (Phi) is 6.46. The Morgan fingerprint density at radius 2 is 1.60 bits per heavy atom. The second-order valence-electron chi connectivity index (χ2n) is 5.62. The van der Waals surface area contributed by atoms with Crippen LogP contribution < -0.4 is 0 Å². The van der Waals surface area contributed by atoms with Crippen LogP contribution in [0.15, 0.2) is 0 Å². The third kappa shape index (κ3) is 5.53. The molecule has 2 heteroatoms. The molecule has 0 saturated heterocycles. The van der Waals surface area contributed by atoms with Crippen LogP contribution in [0.1, 0.15) is 53.9 Å². The molecule has 0 amide bonds. The molecule has 0 aliphatic heterocycles. The zero-order chi connectivity index (χ0) is 12.1. The van der Waals surface area contributed by atoms with E-state index in [1.165, 1.54) is 12.8 Å². The molecule has 0 aromatic rings. The fraction of sp³-hybridized carbons (Fsp3) is 1.00. The standard InChI is InChI=1S/C13H29NO/c1-7-11(8-2)14(6)10-9-12(15)13(3,4)5/h11-12,15H,7-10H2,1-6H3. The van der Waals surface area contributed by atoms with Gasteiger partial charge in [0, 0.05) is 12.6 Å². The van der Waals surface area contributed by atoms with E-state index in [4.69, 9.17) is 0 Å². The first-order valence-corrected chi connectivity index (χ1v) is 6.21. The first kappa shape index (κ1) is 14.9. The average molecular weight is 215 g/mol. The van der Waals surface area contributed by atoms with Crippen molar-refractivity contribution < 1.29 is 5.11 Å². The maximum atomic E-state index is 9.94. The highest BCUT2D eigenvalue weighted by Crippen LogP contribution is 2.22. The first-order valence-electron chi connectivity index (χ1n) is 6.21. The Labute approximate surface area is 95.7 Å². The topological polar surface area (TPSA) is 23.5 Å². The molecular weight excluding hydrogens is 186 g/mol. The molecule has 0 aromatic heterocycles. The van der Waals surface area contributed by atoms with Gasteiger partial charge in [0.05, 0.1) is 6.10 Å². The van der Waals surface area contributed by atoms with Crippen molar-refractivity contribution in [1.82, 2.24) is 4.90 Å². The molecule has 1 unspecified atom stereocenters. The highest BCUT2D eigenvalue weighted by Gasteiger charge is 2.22. The quantitative estimate of drug-likeness (QED) is 0.736. The number of hydrogen-bond acceptors (Lipinski definition) is 2. The van der Waals surface area contributed by atoms with E-state index in [0.29, 0.717) is 6.04 Å². The van der Waals surface area contributed by atoms with Crippen LogP contribution in [0.3, 0.4) is 0 Å². The molecule has 0 aliphatic rings. The van der Waals surface area contributed by atoms with E-state index in [0.717, 1.165) is 13.0 Å². The molecule has 0 bridgehead atoms. The van der Waals surface area contributed by atoms with Crippen LogP contribution in [0.4, 0.5) is 0 Å². The van der Waals surface area contributed by atoms with Crippen LogP contribution in [-0.4, -0.2) is 35.7 Å². The molecule has 0 radical (unpaired) electrons. The second-order valence-corrected chi connectivity index (χ2v) is 5.62. The fourth-order valence-corrected chi connectivity index (χ4v) is 1.85. The van der Waals surface area contributed by atoms with Gasteiger partial charge in [0.1, 0.15) is 0 Å². The highest BCUT2D eigenvalue weighted by molar-refractivity contribution is 4.75. The molecule has 0 aromatic carbocycles. The molecule has 0 aliphatic carbocycles. The fourth-order valence-electron chi connectivity index (χ4n) is 1.85. The highest BCUT2D eigenvalue weighted by atomic mass is 16.3. The summed E-state index contributed by atoms with van der Waals surface area (Å²) in [7, 11) is 2.16. The van der Waals surface area contributed by atoms with Crippen molar-refractivity contribution >= 4 is 0 Å². The average Bonchev–Trinajstić information content (AvgIpc) is 2.14. The number of rotatable bonds is 6. The Morgan fingerprint density at radius 1 is 1.13 bits per heavy atom. The number of aliphatic hydroxyl groups is 1. The summed E-state index contributed by atoms with van der Waals surface area (Å²) >= 11 is 0. The van der Waals surface area contributed by atoms with Crippen LogP contribution >= 0.6 is 0 Å². The van der Waals surface area contributed by atoms with Crippen LogP contribution in [0.25, 0.3) is 0 Å². The van der Waals surface area contributed by atoms with Crippen LogP contribution in [-0.2, 0) is 0 Å². The third-order valence-corrected chi connectivity index (χ3v) is 3.32. The molecule has 15 heavy (non-hydrogen) atoms. The van der Waals surface area contributed by atoms with Crippen molar-refractivity contribution in [2.45, 2.75) is 66.0 Å². The molecule has 92 valence electrons. The van der Waals surface area contributed by atoms with Crippen LogP contribution in [0, 0.1) is 5.41 Å². The summed E-state index contributed by atoms with van der Waals surface area (Å²) in [6.45, 7) is 11.7. The lowest BCUT2D eigenvalue weighted by Gasteiger charge is -2.30. The summed E-state index contributed by atoms with van der Waals surface area (Å²) in [5.74, 6) is 0. The monoisotopic (exact) mass is 215 g/mol. The minimum atomic E-state index is -0.200. The lowest BCUT2D eigenvalue weighted by molar-refractivity contribution is 0.0436. The van der Waals surface area contributed by atoms with Crippen LogP contribution in [0.5, 0.6) is 0 Å². The summed E-state index contributed by atoms with van der Waals surface area (Å²) in [5.41, 5.74) is 0.00870. The lowest BCUT2D eigenvalue weighted by Crippen LogP contribution is -2.35. The van der Waals surface area contributed by atoms with Gasteiger partial charge in [-0.1, -0.05) is 34.6 Å². The SMILES string of the molecule is CCC(CC)N(C)CCC(O)C(C)(C)C. The van der Waals surface area contributed by atoms with E-state index in [-0.39, 0.29) is 11.5 Å². The predicted octanol–water partition coefficient (Wildman–Crippen LogP) is 2.90. The maximum absolute atomic E-state index is 9.94. The normalized spacial score (nSPS) is 15.0. The lowest BCUT2D eigenvalue weighted by atomic mass is 9.87. The smallest absolute Gasteiger partial charge is 0.0600 e. The molecule has 0 spiro atoms. The van der Waals surface area contributed by atoms with Gasteiger partial charge < -0.3 is 10.0 Å². The minimum absolute atomic E-state index is 0.00870. The molecule has 0 rings (SSSR count). The minimum Gasteiger partial charge on any atom is -0.393 e. The third-order valence-electron chi connectivity index (χ3n) is 3.32. The maximum Gasteiger partial charge on any atom is 0.0600 e. The van der Waals surface area contributed by atoms with E-state index in [9.17, 15) is 5.11 Å².